The average molecular weight is 451 g/mol. The molecule has 1 fully saturated rings. The normalized spacial score (nSPS) is 18.0. The molecule has 0 aromatic heterocycles. The van der Waals surface area contributed by atoms with Gasteiger partial charge < -0.3 is 26.0 Å². The first-order chi connectivity index (χ1) is 15.4. The first-order valence-corrected chi connectivity index (χ1v) is 10.6. The summed E-state index contributed by atoms with van der Waals surface area (Å²) in [5.74, 6) is -0.621. The van der Waals surface area contributed by atoms with Crippen molar-refractivity contribution in [2.75, 3.05) is 38.7 Å². The summed E-state index contributed by atoms with van der Waals surface area (Å²) in [4.78, 5) is 0. The topological polar surface area (TPSA) is 105 Å². The van der Waals surface area contributed by atoms with Gasteiger partial charge in [0, 0.05) is 68.9 Å². The highest BCUT2D eigenvalue weighted by molar-refractivity contribution is 6.23. The van der Waals surface area contributed by atoms with Crippen LogP contribution in [0.4, 0.5) is 18.9 Å². The molecule has 174 valence electrons. The summed E-state index contributed by atoms with van der Waals surface area (Å²) in [7, 11) is 1.52. The number of anilines is 1. The zero-order chi connectivity index (χ0) is 23.1. The van der Waals surface area contributed by atoms with Gasteiger partial charge >= 0.3 is 0 Å². The molecule has 7 nitrogen and oxygen atoms in total. The van der Waals surface area contributed by atoms with Crippen LogP contribution in [0.3, 0.4) is 0 Å². The lowest BCUT2D eigenvalue weighted by atomic mass is 10.0. The van der Waals surface area contributed by atoms with Crippen LogP contribution >= 0.6 is 0 Å². The third-order valence-electron chi connectivity index (χ3n) is 5.46. The van der Waals surface area contributed by atoms with E-state index >= 15 is 0 Å². The standard InChI is InChI=1S/C22H29F3N6O/c1-28-11-15(20(26)21(24)25)13-2-3-19(17(23)10-13)31-22(27)16-12-29-7-4-18(16)30-14-5-8-32-9-6-14/h2-3,10-11,14,21,26,28-30H,4-9,12H2,1H3,(H2,27,31)/b15-11-,26-20?. The molecule has 1 saturated heterocycles. The molecule has 0 amide bonds. The number of benzene rings is 1. The fourth-order valence-corrected chi connectivity index (χ4v) is 3.74. The van der Waals surface area contributed by atoms with Gasteiger partial charge in [0.15, 0.2) is 0 Å². The molecule has 0 atom stereocenters. The van der Waals surface area contributed by atoms with E-state index in [4.69, 9.17) is 15.6 Å². The van der Waals surface area contributed by atoms with Crippen LogP contribution in [0.2, 0.25) is 0 Å². The molecule has 1 aromatic carbocycles. The van der Waals surface area contributed by atoms with Crippen molar-refractivity contribution in [2.45, 2.75) is 31.7 Å². The van der Waals surface area contributed by atoms with Gasteiger partial charge in [-0.2, -0.15) is 0 Å². The molecule has 32 heavy (non-hydrogen) atoms. The average Bonchev–Trinajstić information content (AvgIpc) is 2.79. The SMILES string of the molecule is CN/C=C(\C(=N)C(F)F)c1ccc(NC(=N)C2=C(NC3CCOCC3)CCNC2)c(F)c1. The number of hydrogen-bond donors (Lipinski definition) is 6. The molecule has 2 aliphatic rings. The third-order valence-corrected chi connectivity index (χ3v) is 5.46. The second kappa shape index (κ2) is 11.1. The van der Waals surface area contributed by atoms with E-state index in [1.54, 1.807) is 0 Å². The van der Waals surface area contributed by atoms with E-state index < -0.39 is 18.0 Å². The Morgan fingerprint density at radius 1 is 1.25 bits per heavy atom. The largest absolute Gasteiger partial charge is 0.393 e. The van der Waals surface area contributed by atoms with Crippen molar-refractivity contribution in [3.8, 4) is 0 Å². The van der Waals surface area contributed by atoms with Gasteiger partial charge in [-0.05, 0) is 30.5 Å². The molecule has 10 heteroatoms. The maximum Gasteiger partial charge on any atom is 0.280 e. The van der Waals surface area contributed by atoms with E-state index in [1.165, 1.54) is 25.4 Å². The number of allylic oxidation sites excluding steroid dienone is 1. The zero-order valence-electron chi connectivity index (χ0n) is 18.0. The lowest BCUT2D eigenvalue weighted by Crippen LogP contribution is -2.40. The maximum atomic E-state index is 14.8. The van der Waals surface area contributed by atoms with Gasteiger partial charge in [-0.3, -0.25) is 10.8 Å². The van der Waals surface area contributed by atoms with Crippen LogP contribution in [0.1, 0.15) is 24.8 Å². The molecule has 0 aliphatic carbocycles. The summed E-state index contributed by atoms with van der Waals surface area (Å²) in [6, 6.07) is 4.22. The Bertz CT molecular complexity index is 909. The van der Waals surface area contributed by atoms with E-state index in [9.17, 15) is 13.2 Å². The monoisotopic (exact) mass is 450 g/mol. The van der Waals surface area contributed by atoms with Crippen molar-refractivity contribution in [2.24, 2.45) is 0 Å². The molecule has 2 heterocycles. The second-order valence-corrected chi connectivity index (χ2v) is 7.67. The van der Waals surface area contributed by atoms with Crippen LogP contribution in [0.15, 0.2) is 35.7 Å². The smallest absolute Gasteiger partial charge is 0.280 e. The van der Waals surface area contributed by atoms with Crippen molar-refractivity contribution in [1.82, 2.24) is 16.0 Å². The Balaban J connectivity index is 1.77. The molecule has 0 radical (unpaired) electrons. The number of halogens is 3. The highest BCUT2D eigenvalue weighted by Crippen LogP contribution is 2.25. The summed E-state index contributed by atoms with van der Waals surface area (Å²) < 4.78 is 46.2. The molecular weight excluding hydrogens is 421 g/mol. The van der Waals surface area contributed by atoms with E-state index in [2.05, 4.69) is 21.3 Å². The minimum atomic E-state index is -2.98. The first-order valence-electron chi connectivity index (χ1n) is 10.6. The quantitative estimate of drug-likeness (QED) is 0.270. The molecular formula is C22H29F3N6O. The van der Waals surface area contributed by atoms with Gasteiger partial charge in [0.05, 0.1) is 5.69 Å². The minimum Gasteiger partial charge on any atom is -0.393 e. The number of nitrogens with one attached hydrogen (secondary N) is 6. The third kappa shape index (κ3) is 5.89. The van der Waals surface area contributed by atoms with Crippen molar-refractivity contribution in [3.05, 3.63) is 47.0 Å². The van der Waals surface area contributed by atoms with Crippen LogP contribution < -0.4 is 21.3 Å². The molecule has 0 bridgehead atoms. The van der Waals surface area contributed by atoms with Crippen molar-refractivity contribution >= 4 is 22.8 Å². The molecule has 0 unspecified atom stereocenters. The summed E-state index contributed by atoms with van der Waals surface area (Å²) in [5.41, 5.74) is 0.935. The number of amidine groups is 1. The molecule has 3 rings (SSSR count). The predicted octanol–water partition coefficient (Wildman–Crippen LogP) is 3.08. The van der Waals surface area contributed by atoms with Crippen LogP contribution in [0.5, 0.6) is 0 Å². The van der Waals surface area contributed by atoms with Crippen molar-refractivity contribution in [3.63, 3.8) is 0 Å². The summed E-state index contributed by atoms with van der Waals surface area (Å²) in [5, 5.41) is 28.3. The Kier molecular flexibility index (Phi) is 8.29. The van der Waals surface area contributed by atoms with Gasteiger partial charge in [0.2, 0.25) is 0 Å². The van der Waals surface area contributed by atoms with Gasteiger partial charge in [-0.15, -0.1) is 0 Å². The van der Waals surface area contributed by atoms with Gasteiger partial charge in [0.1, 0.15) is 17.4 Å². The highest BCUT2D eigenvalue weighted by atomic mass is 19.3. The Labute approximate surface area is 185 Å². The van der Waals surface area contributed by atoms with Crippen LogP contribution in [0.25, 0.3) is 5.57 Å². The van der Waals surface area contributed by atoms with E-state index in [1.807, 2.05) is 0 Å². The number of hydrogen-bond acceptors (Lipinski definition) is 6. The first kappa shape index (κ1) is 23.8. The molecule has 2 aliphatic heterocycles. The molecule has 0 saturated carbocycles. The molecule has 1 aromatic rings. The van der Waals surface area contributed by atoms with Crippen LogP contribution in [-0.4, -0.2) is 57.4 Å². The number of ether oxygens (including phenoxy) is 1. The highest BCUT2D eigenvalue weighted by Gasteiger charge is 2.22. The summed E-state index contributed by atoms with van der Waals surface area (Å²) >= 11 is 0. The van der Waals surface area contributed by atoms with Gasteiger partial charge in [-0.1, -0.05) is 6.07 Å². The Hall–Kier alpha value is -2.85. The fourth-order valence-electron chi connectivity index (χ4n) is 3.74. The van der Waals surface area contributed by atoms with E-state index in [-0.39, 0.29) is 22.7 Å². The Morgan fingerprint density at radius 2 is 2.00 bits per heavy atom. The van der Waals surface area contributed by atoms with E-state index in [0.717, 1.165) is 43.1 Å². The number of alkyl halides is 2. The predicted molar refractivity (Wildman–Crippen MR) is 120 cm³/mol. The van der Waals surface area contributed by atoms with Crippen LogP contribution in [-0.2, 0) is 4.74 Å². The van der Waals surface area contributed by atoms with Crippen molar-refractivity contribution in [1.29, 1.82) is 10.8 Å². The zero-order valence-corrected chi connectivity index (χ0v) is 18.0. The molecule has 0 spiro atoms. The van der Waals surface area contributed by atoms with Gasteiger partial charge in [-0.25, -0.2) is 13.2 Å². The summed E-state index contributed by atoms with van der Waals surface area (Å²) in [6.07, 6.45) is 0.807. The minimum absolute atomic E-state index is 0.0645. The number of rotatable bonds is 8. The lowest BCUT2D eigenvalue weighted by Gasteiger charge is -2.30. The Morgan fingerprint density at radius 3 is 2.66 bits per heavy atom. The van der Waals surface area contributed by atoms with Crippen LogP contribution in [0, 0.1) is 16.6 Å². The lowest BCUT2D eigenvalue weighted by molar-refractivity contribution is 0.0800. The summed E-state index contributed by atoms with van der Waals surface area (Å²) in [6.45, 7) is 2.69. The maximum absolute atomic E-state index is 14.8. The van der Waals surface area contributed by atoms with Gasteiger partial charge in [0.25, 0.3) is 6.43 Å². The second-order valence-electron chi connectivity index (χ2n) is 7.67. The molecule has 6 N–H and O–H groups in total. The van der Waals surface area contributed by atoms with Crippen molar-refractivity contribution < 1.29 is 17.9 Å². The van der Waals surface area contributed by atoms with E-state index in [0.29, 0.717) is 25.8 Å². The fraction of sp³-hybridized carbons (Fsp3) is 0.455.